The predicted octanol–water partition coefficient (Wildman–Crippen LogP) is 4.03. The molecule has 4 heteroatoms. The van der Waals surface area contributed by atoms with Crippen LogP contribution in [0.25, 0.3) is 0 Å². The van der Waals surface area contributed by atoms with Crippen LogP contribution in [0.15, 0.2) is 29.2 Å². The largest absolute Gasteiger partial charge is 0.240 e. The second-order valence-electron chi connectivity index (χ2n) is 6.06. The van der Waals surface area contributed by atoms with Crippen molar-refractivity contribution in [3.05, 3.63) is 29.8 Å². The van der Waals surface area contributed by atoms with E-state index in [1.165, 1.54) is 31.2 Å². The van der Waals surface area contributed by atoms with Gasteiger partial charge >= 0.3 is 0 Å². The molecular formula is C17H27NO2S. The summed E-state index contributed by atoms with van der Waals surface area (Å²) in [5.41, 5.74) is 1.22. The molecule has 1 aromatic carbocycles. The summed E-state index contributed by atoms with van der Waals surface area (Å²) in [6, 6.07) is 7.50. The molecule has 0 heterocycles. The van der Waals surface area contributed by atoms with Gasteiger partial charge in [0.15, 0.2) is 0 Å². The smallest absolute Gasteiger partial charge is 0.208 e. The fraction of sp³-hybridized carbons (Fsp3) is 0.647. The highest BCUT2D eigenvalue weighted by atomic mass is 32.2. The molecule has 1 aliphatic carbocycles. The summed E-state index contributed by atoms with van der Waals surface area (Å²) < 4.78 is 27.6. The number of nitrogens with one attached hydrogen (secondary N) is 1. The quantitative estimate of drug-likeness (QED) is 0.773. The summed E-state index contributed by atoms with van der Waals surface area (Å²) in [7, 11) is -3.35. The van der Waals surface area contributed by atoms with E-state index in [2.05, 4.69) is 11.6 Å². The maximum atomic E-state index is 12.4. The van der Waals surface area contributed by atoms with Crippen molar-refractivity contribution in [3.63, 3.8) is 0 Å². The van der Waals surface area contributed by atoms with Crippen LogP contribution < -0.4 is 4.72 Å². The van der Waals surface area contributed by atoms with Crippen LogP contribution in [0.5, 0.6) is 0 Å². The minimum atomic E-state index is -3.35. The lowest BCUT2D eigenvalue weighted by atomic mass is 9.96. The molecule has 1 aromatic rings. The van der Waals surface area contributed by atoms with Crippen LogP contribution in [0.4, 0.5) is 0 Å². The number of unbranched alkanes of at least 4 members (excludes halogenated alkanes) is 2. The van der Waals surface area contributed by atoms with E-state index in [4.69, 9.17) is 0 Å². The third kappa shape index (κ3) is 5.11. The molecule has 3 nitrogen and oxygen atoms in total. The molecule has 0 spiro atoms. The maximum absolute atomic E-state index is 12.4. The normalized spacial score (nSPS) is 17.0. The molecule has 0 amide bonds. The van der Waals surface area contributed by atoms with Crippen molar-refractivity contribution < 1.29 is 8.42 Å². The van der Waals surface area contributed by atoms with Gasteiger partial charge in [0.2, 0.25) is 10.0 Å². The van der Waals surface area contributed by atoms with Crippen LogP contribution in [-0.4, -0.2) is 14.5 Å². The Morgan fingerprint density at radius 2 is 1.71 bits per heavy atom. The van der Waals surface area contributed by atoms with Crippen LogP contribution >= 0.6 is 0 Å². The van der Waals surface area contributed by atoms with Gasteiger partial charge in [-0.15, -0.1) is 0 Å². The summed E-state index contributed by atoms with van der Waals surface area (Å²) in [6.45, 7) is 2.19. The summed E-state index contributed by atoms with van der Waals surface area (Å²) >= 11 is 0. The first-order valence-corrected chi connectivity index (χ1v) is 9.71. The van der Waals surface area contributed by atoms with Gasteiger partial charge in [0.1, 0.15) is 0 Å². The van der Waals surface area contributed by atoms with Gasteiger partial charge in [0.05, 0.1) is 4.90 Å². The Bertz CT molecular complexity index is 516. The van der Waals surface area contributed by atoms with Crippen molar-refractivity contribution in [2.45, 2.75) is 75.6 Å². The number of sulfonamides is 1. The lowest BCUT2D eigenvalue weighted by Gasteiger charge is -2.22. The predicted molar refractivity (Wildman–Crippen MR) is 86.9 cm³/mol. The minimum Gasteiger partial charge on any atom is -0.208 e. The van der Waals surface area contributed by atoms with Gasteiger partial charge in [-0.2, -0.15) is 0 Å². The molecule has 21 heavy (non-hydrogen) atoms. The van der Waals surface area contributed by atoms with E-state index < -0.39 is 10.0 Å². The van der Waals surface area contributed by atoms with Crippen LogP contribution in [0.3, 0.4) is 0 Å². The first-order valence-electron chi connectivity index (χ1n) is 8.23. The molecule has 0 saturated heterocycles. The summed E-state index contributed by atoms with van der Waals surface area (Å²) in [6.07, 6.45) is 10.1. The molecule has 118 valence electrons. The Morgan fingerprint density at radius 1 is 1.05 bits per heavy atom. The number of aryl methyl sites for hydroxylation is 1. The molecule has 0 bridgehead atoms. The van der Waals surface area contributed by atoms with E-state index in [9.17, 15) is 8.42 Å². The molecule has 0 atom stereocenters. The number of benzene rings is 1. The minimum absolute atomic E-state index is 0.119. The zero-order chi connectivity index (χ0) is 15.1. The van der Waals surface area contributed by atoms with Gasteiger partial charge in [-0.25, -0.2) is 13.1 Å². The van der Waals surface area contributed by atoms with E-state index in [1.807, 2.05) is 12.1 Å². The van der Waals surface area contributed by atoms with E-state index >= 15 is 0 Å². The molecule has 0 aromatic heterocycles. The lowest BCUT2D eigenvalue weighted by Crippen LogP contribution is -2.36. The van der Waals surface area contributed by atoms with Crippen molar-refractivity contribution in [1.29, 1.82) is 0 Å². The van der Waals surface area contributed by atoms with Crippen molar-refractivity contribution in [3.8, 4) is 0 Å². The molecule has 2 rings (SSSR count). The first-order chi connectivity index (χ1) is 10.1. The standard InChI is InChI=1S/C17H27NO2S/c1-2-3-5-8-15-11-13-17(14-12-15)21(19,20)18-16-9-6-4-7-10-16/h11-14,16,18H,2-10H2,1H3. The first kappa shape index (κ1) is 16.5. The highest BCUT2D eigenvalue weighted by Crippen LogP contribution is 2.20. The van der Waals surface area contributed by atoms with E-state index in [-0.39, 0.29) is 6.04 Å². The number of hydrogen-bond donors (Lipinski definition) is 1. The molecular weight excluding hydrogens is 282 g/mol. The lowest BCUT2D eigenvalue weighted by molar-refractivity contribution is 0.412. The van der Waals surface area contributed by atoms with E-state index in [1.54, 1.807) is 12.1 Å². The average molecular weight is 309 g/mol. The highest BCUT2D eigenvalue weighted by molar-refractivity contribution is 7.89. The molecule has 0 aliphatic heterocycles. The molecule has 1 aliphatic rings. The van der Waals surface area contributed by atoms with E-state index in [0.29, 0.717) is 4.90 Å². The maximum Gasteiger partial charge on any atom is 0.240 e. The van der Waals surface area contributed by atoms with Gasteiger partial charge in [-0.3, -0.25) is 0 Å². The monoisotopic (exact) mass is 309 g/mol. The van der Waals surface area contributed by atoms with Gasteiger partial charge in [0, 0.05) is 6.04 Å². The van der Waals surface area contributed by atoms with Crippen LogP contribution in [-0.2, 0) is 16.4 Å². The Labute approximate surface area is 129 Å². The molecule has 1 fully saturated rings. The fourth-order valence-corrected chi connectivity index (χ4v) is 4.23. The Hall–Kier alpha value is -0.870. The van der Waals surface area contributed by atoms with Gasteiger partial charge in [0.25, 0.3) is 0 Å². The number of hydrogen-bond acceptors (Lipinski definition) is 2. The SMILES string of the molecule is CCCCCc1ccc(S(=O)(=O)NC2CCCCC2)cc1. The Balaban J connectivity index is 1.95. The molecule has 1 saturated carbocycles. The van der Waals surface area contributed by atoms with Gasteiger partial charge in [-0.05, 0) is 43.4 Å². The molecule has 0 radical (unpaired) electrons. The van der Waals surface area contributed by atoms with Crippen LogP contribution in [0.1, 0.15) is 63.9 Å². The molecule has 0 unspecified atom stereocenters. The Kier molecular flexibility index (Phi) is 6.24. The van der Waals surface area contributed by atoms with Crippen LogP contribution in [0, 0.1) is 0 Å². The van der Waals surface area contributed by atoms with Crippen molar-refractivity contribution in [1.82, 2.24) is 4.72 Å². The zero-order valence-electron chi connectivity index (χ0n) is 13.0. The summed E-state index contributed by atoms with van der Waals surface area (Å²) in [4.78, 5) is 0.396. The summed E-state index contributed by atoms with van der Waals surface area (Å²) in [5.74, 6) is 0. The Morgan fingerprint density at radius 3 is 2.33 bits per heavy atom. The summed E-state index contributed by atoms with van der Waals surface area (Å²) in [5, 5.41) is 0. The van der Waals surface area contributed by atoms with Crippen molar-refractivity contribution in [2.75, 3.05) is 0 Å². The fourth-order valence-electron chi connectivity index (χ4n) is 2.92. The second kappa shape index (κ2) is 7.95. The van der Waals surface area contributed by atoms with Crippen molar-refractivity contribution in [2.24, 2.45) is 0 Å². The van der Waals surface area contributed by atoms with Crippen molar-refractivity contribution >= 4 is 10.0 Å². The zero-order valence-corrected chi connectivity index (χ0v) is 13.8. The number of rotatable bonds is 7. The van der Waals surface area contributed by atoms with Crippen LogP contribution in [0.2, 0.25) is 0 Å². The topological polar surface area (TPSA) is 46.2 Å². The third-order valence-corrected chi connectivity index (χ3v) is 5.77. The third-order valence-electron chi connectivity index (χ3n) is 4.23. The van der Waals surface area contributed by atoms with E-state index in [0.717, 1.165) is 32.1 Å². The van der Waals surface area contributed by atoms with Gasteiger partial charge < -0.3 is 0 Å². The highest BCUT2D eigenvalue weighted by Gasteiger charge is 2.21. The van der Waals surface area contributed by atoms with Gasteiger partial charge in [-0.1, -0.05) is 51.2 Å². The molecule has 1 N–H and O–H groups in total. The average Bonchev–Trinajstić information content (AvgIpc) is 2.49. The second-order valence-corrected chi connectivity index (χ2v) is 7.77.